The summed E-state index contributed by atoms with van der Waals surface area (Å²) in [6.07, 6.45) is -3.07. The first-order chi connectivity index (χ1) is 15.0. The number of halogens is 6. The van der Waals surface area contributed by atoms with Gasteiger partial charge in [0.05, 0.1) is 11.3 Å². The number of rotatable bonds is 6. The van der Waals surface area contributed by atoms with Gasteiger partial charge in [-0.15, -0.1) is 0 Å². The molecule has 0 aliphatic carbocycles. The molecule has 0 unspecified atom stereocenters. The first-order valence-electron chi connectivity index (χ1n) is 10.2. The molecule has 1 aromatic heterocycles. The highest BCUT2D eigenvalue weighted by Gasteiger charge is 2.38. The molecule has 2 aromatic rings. The molecule has 1 saturated heterocycles. The fraction of sp³-hybridized carbons (Fsp3) is 0.455. The third kappa shape index (κ3) is 5.05. The van der Waals surface area contributed by atoms with Gasteiger partial charge in [0.2, 0.25) is 5.91 Å². The molecule has 3 rings (SSSR count). The summed E-state index contributed by atoms with van der Waals surface area (Å²) in [6.45, 7) is 3.27. The van der Waals surface area contributed by atoms with E-state index in [4.69, 9.17) is 0 Å². The summed E-state index contributed by atoms with van der Waals surface area (Å²) in [5.41, 5.74) is -0.897. The fourth-order valence-electron chi connectivity index (χ4n) is 3.86. The number of aromatic nitrogens is 1. The van der Waals surface area contributed by atoms with Gasteiger partial charge in [0.15, 0.2) is 5.82 Å². The zero-order chi connectivity index (χ0) is 23.6. The van der Waals surface area contributed by atoms with Crippen LogP contribution in [0.4, 0.5) is 33.5 Å². The summed E-state index contributed by atoms with van der Waals surface area (Å²) in [7, 11) is 0. The van der Waals surface area contributed by atoms with Crippen molar-refractivity contribution in [2.24, 2.45) is 0 Å². The van der Waals surface area contributed by atoms with Crippen LogP contribution in [0.3, 0.4) is 0 Å². The van der Waals surface area contributed by atoms with Crippen molar-refractivity contribution < 1.29 is 26.7 Å². The second kappa shape index (κ2) is 9.72. The van der Waals surface area contributed by atoms with Gasteiger partial charge in [-0.1, -0.05) is 15.9 Å². The van der Waals surface area contributed by atoms with E-state index in [0.29, 0.717) is 31.1 Å². The number of carbonyl (C=O) groups is 1. The van der Waals surface area contributed by atoms with Gasteiger partial charge in [-0.2, -0.15) is 13.2 Å². The lowest BCUT2D eigenvalue weighted by molar-refractivity contribution is -0.137. The lowest BCUT2D eigenvalue weighted by Crippen LogP contribution is -2.47. The van der Waals surface area contributed by atoms with Crippen molar-refractivity contribution >= 4 is 33.3 Å². The van der Waals surface area contributed by atoms with Crippen molar-refractivity contribution in [3.05, 3.63) is 52.7 Å². The molecular formula is C22H23BrF5N3O. The molecule has 1 aromatic carbocycles. The standard InChI is InChI=1S/C22H23BrF5N3O/c1-13-11-15(22(26,27)28)12-19(29-13)30-9-3-5-18(30)21(32)31(10-4-8-23)17-7-6-16(24)14(2)20(17)25/h6-7,11-12,18H,3-5,8-10H2,1-2H3/t18-/m0/s1. The summed E-state index contributed by atoms with van der Waals surface area (Å²) in [5.74, 6) is -1.94. The van der Waals surface area contributed by atoms with E-state index in [1.54, 1.807) is 4.90 Å². The summed E-state index contributed by atoms with van der Waals surface area (Å²) in [4.78, 5) is 20.5. The minimum Gasteiger partial charge on any atom is -0.345 e. The number of hydrogen-bond donors (Lipinski definition) is 0. The molecular weight excluding hydrogens is 497 g/mol. The Morgan fingerprint density at radius 3 is 2.62 bits per heavy atom. The molecule has 10 heteroatoms. The molecule has 0 N–H and O–H groups in total. The highest BCUT2D eigenvalue weighted by Crippen LogP contribution is 2.34. The normalized spacial score (nSPS) is 16.5. The Morgan fingerprint density at radius 1 is 1.25 bits per heavy atom. The Labute approximate surface area is 191 Å². The maximum atomic E-state index is 14.8. The zero-order valence-electron chi connectivity index (χ0n) is 17.6. The van der Waals surface area contributed by atoms with Crippen molar-refractivity contribution in [1.82, 2.24) is 4.98 Å². The number of hydrogen-bond acceptors (Lipinski definition) is 3. The van der Waals surface area contributed by atoms with E-state index in [1.807, 2.05) is 0 Å². The lowest BCUT2D eigenvalue weighted by atomic mass is 10.1. The number of amides is 1. The van der Waals surface area contributed by atoms with Crippen molar-refractivity contribution in [3.8, 4) is 0 Å². The van der Waals surface area contributed by atoms with Gasteiger partial charge in [0.1, 0.15) is 17.7 Å². The van der Waals surface area contributed by atoms with Crippen molar-refractivity contribution in [2.45, 2.75) is 45.3 Å². The molecule has 0 bridgehead atoms. The molecule has 1 fully saturated rings. The van der Waals surface area contributed by atoms with Gasteiger partial charge >= 0.3 is 6.18 Å². The summed E-state index contributed by atoms with van der Waals surface area (Å²) >= 11 is 3.29. The average molecular weight is 520 g/mol. The minimum atomic E-state index is -4.54. The van der Waals surface area contributed by atoms with Gasteiger partial charge in [0.25, 0.3) is 0 Å². The monoisotopic (exact) mass is 519 g/mol. The Balaban J connectivity index is 1.98. The minimum absolute atomic E-state index is 0.0464. The lowest BCUT2D eigenvalue weighted by Gasteiger charge is -2.32. The van der Waals surface area contributed by atoms with E-state index in [9.17, 15) is 26.7 Å². The number of pyridine rings is 1. The highest BCUT2D eigenvalue weighted by atomic mass is 79.9. The molecule has 32 heavy (non-hydrogen) atoms. The van der Waals surface area contributed by atoms with E-state index in [0.717, 1.165) is 18.2 Å². The number of anilines is 2. The third-order valence-electron chi connectivity index (χ3n) is 5.47. The number of nitrogens with zero attached hydrogens (tertiary/aromatic N) is 3. The topological polar surface area (TPSA) is 36.4 Å². The van der Waals surface area contributed by atoms with Crippen LogP contribution in [0.1, 0.15) is 36.1 Å². The van der Waals surface area contributed by atoms with Crippen LogP contribution in [-0.4, -0.2) is 35.4 Å². The van der Waals surface area contributed by atoms with Gasteiger partial charge in [-0.25, -0.2) is 13.8 Å². The van der Waals surface area contributed by atoms with E-state index in [-0.39, 0.29) is 29.3 Å². The van der Waals surface area contributed by atoms with E-state index < -0.39 is 35.3 Å². The Bertz CT molecular complexity index is 998. The molecule has 0 saturated carbocycles. The predicted molar refractivity (Wildman–Crippen MR) is 116 cm³/mol. The number of carbonyl (C=O) groups excluding carboxylic acids is 1. The molecule has 2 heterocycles. The Kier molecular flexibility index (Phi) is 7.42. The Hall–Kier alpha value is -2.23. The number of alkyl halides is 4. The van der Waals surface area contributed by atoms with Crippen LogP contribution in [0, 0.1) is 25.5 Å². The molecule has 0 radical (unpaired) electrons. The zero-order valence-corrected chi connectivity index (χ0v) is 19.2. The fourth-order valence-corrected chi connectivity index (χ4v) is 4.11. The summed E-state index contributed by atoms with van der Waals surface area (Å²) < 4.78 is 68.5. The smallest absolute Gasteiger partial charge is 0.345 e. The summed E-state index contributed by atoms with van der Waals surface area (Å²) in [5, 5.41) is 0.557. The maximum absolute atomic E-state index is 14.8. The van der Waals surface area contributed by atoms with E-state index in [1.165, 1.54) is 24.8 Å². The van der Waals surface area contributed by atoms with E-state index >= 15 is 0 Å². The van der Waals surface area contributed by atoms with Crippen LogP contribution < -0.4 is 9.80 Å². The SMILES string of the molecule is Cc1cc(C(F)(F)F)cc(N2CCC[C@H]2C(=O)N(CCCBr)c2ccc(F)c(C)c2F)n1. The molecule has 4 nitrogen and oxygen atoms in total. The van der Waals surface area contributed by atoms with Crippen LogP contribution in [0.5, 0.6) is 0 Å². The van der Waals surface area contributed by atoms with Crippen LogP contribution in [-0.2, 0) is 11.0 Å². The maximum Gasteiger partial charge on any atom is 0.416 e. The van der Waals surface area contributed by atoms with Crippen molar-refractivity contribution in [1.29, 1.82) is 0 Å². The molecule has 1 amide bonds. The van der Waals surface area contributed by atoms with Crippen molar-refractivity contribution in [2.75, 3.05) is 28.2 Å². The number of benzene rings is 1. The molecule has 0 spiro atoms. The largest absolute Gasteiger partial charge is 0.416 e. The van der Waals surface area contributed by atoms with Gasteiger partial charge < -0.3 is 9.80 Å². The molecule has 1 aliphatic rings. The van der Waals surface area contributed by atoms with Gasteiger partial charge in [0, 0.05) is 29.7 Å². The average Bonchev–Trinajstić information content (AvgIpc) is 3.22. The van der Waals surface area contributed by atoms with Crippen molar-refractivity contribution in [3.63, 3.8) is 0 Å². The predicted octanol–water partition coefficient (Wildman–Crippen LogP) is 5.78. The Morgan fingerprint density at radius 2 is 1.97 bits per heavy atom. The highest BCUT2D eigenvalue weighted by molar-refractivity contribution is 9.09. The molecule has 1 atom stereocenters. The molecule has 1 aliphatic heterocycles. The second-order valence-electron chi connectivity index (χ2n) is 7.74. The van der Waals surface area contributed by atoms with Crippen LogP contribution >= 0.6 is 15.9 Å². The van der Waals surface area contributed by atoms with E-state index in [2.05, 4.69) is 20.9 Å². The van der Waals surface area contributed by atoms with Crippen LogP contribution in [0.15, 0.2) is 24.3 Å². The second-order valence-corrected chi connectivity index (χ2v) is 8.54. The first kappa shape index (κ1) is 24.4. The van der Waals surface area contributed by atoms with Crippen LogP contribution in [0.2, 0.25) is 0 Å². The summed E-state index contributed by atoms with van der Waals surface area (Å²) in [6, 6.07) is 3.41. The van der Waals surface area contributed by atoms with Gasteiger partial charge in [-0.05, 0) is 57.4 Å². The first-order valence-corrected chi connectivity index (χ1v) is 11.3. The molecule has 174 valence electrons. The third-order valence-corrected chi connectivity index (χ3v) is 6.03. The van der Waals surface area contributed by atoms with Gasteiger partial charge in [-0.3, -0.25) is 4.79 Å². The number of aryl methyl sites for hydroxylation is 1. The van der Waals surface area contributed by atoms with Crippen LogP contribution in [0.25, 0.3) is 0 Å². The quantitative estimate of drug-likeness (QED) is 0.358.